The summed E-state index contributed by atoms with van der Waals surface area (Å²) in [5.41, 5.74) is 8.44. The van der Waals surface area contributed by atoms with Crippen LogP contribution in [0.3, 0.4) is 0 Å². The van der Waals surface area contributed by atoms with Crippen molar-refractivity contribution in [3.8, 4) is 0 Å². The van der Waals surface area contributed by atoms with Gasteiger partial charge in [0.05, 0.1) is 0 Å². The molecule has 0 bridgehead atoms. The SMILES string of the molecule is CCC1(CC)CCN(c2ccc(F)cc2[C@H](C)N)C1. The van der Waals surface area contributed by atoms with E-state index in [1.54, 1.807) is 12.1 Å². The van der Waals surface area contributed by atoms with E-state index in [1.165, 1.54) is 19.3 Å². The third kappa shape index (κ3) is 2.76. The van der Waals surface area contributed by atoms with Gasteiger partial charge in [-0.25, -0.2) is 4.39 Å². The van der Waals surface area contributed by atoms with E-state index in [0.717, 1.165) is 24.3 Å². The fourth-order valence-electron chi connectivity index (χ4n) is 3.15. The second-order valence-electron chi connectivity index (χ2n) is 5.87. The lowest BCUT2D eigenvalue weighted by Crippen LogP contribution is -2.27. The number of rotatable bonds is 4. The molecule has 0 spiro atoms. The third-order valence-corrected chi connectivity index (χ3v) is 4.76. The Bertz CT molecular complexity index is 438. The first-order valence-electron chi connectivity index (χ1n) is 7.31. The summed E-state index contributed by atoms with van der Waals surface area (Å²) < 4.78 is 13.4. The Morgan fingerprint density at radius 1 is 1.37 bits per heavy atom. The summed E-state index contributed by atoms with van der Waals surface area (Å²) in [4.78, 5) is 2.38. The van der Waals surface area contributed by atoms with Gasteiger partial charge in [-0.15, -0.1) is 0 Å². The lowest BCUT2D eigenvalue weighted by Gasteiger charge is -2.28. The van der Waals surface area contributed by atoms with Crippen LogP contribution < -0.4 is 10.6 Å². The highest BCUT2D eigenvalue weighted by atomic mass is 19.1. The van der Waals surface area contributed by atoms with Gasteiger partial charge in [-0.1, -0.05) is 13.8 Å². The average molecular weight is 264 g/mol. The van der Waals surface area contributed by atoms with E-state index in [1.807, 2.05) is 13.0 Å². The molecule has 1 fully saturated rings. The molecule has 2 nitrogen and oxygen atoms in total. The molecular weight excluding hydrogens is 239 g/mol. The zero-order valence-corrected chi connectivity index (χ0v) is 12.2. The van der Waals surface area contributed by atoms with Crippen LogP contribution in [0.5, 0.6) is 0 Å². The number of benzene rings is 1. The first-order chi connectivity index (χ1) is 9.01. The standard InChI is InChI=1S/C16H25FN2/c1-4-16(5-2)8-9-19(11-16)15-7-6-13(17)10-14(15)12(3)18/h6-7,10,12H,4-5,8-9,11,18H2,1-3H3/t12-/m0/s1. The summed E-state index contributed by atoms with van der Waals surface area (Å²) in [6, 6.07) is 4.87. The summed E-state index contributed by atoms with van der Waals surface area (Å²) in [5, 5.41) is 0. The van der Waals surface area contributed by atoms with E-state index in [9.17, 15) is 4.39 Å². The molecule has 1 aromatic rings. The van der Waals surface area contributed by atoms with Gasteiger partial charge in [0.15, 0.2) is 0 Å². The first-order valence-corrected chi connectivity index (χ1v) is 7.31. The first kappa shape index (κ1) is 14.3. The topological polar surface area (TPSA) is 29.3 Å². The van der Waals surface area contributed by atoms with Gasteiger partial charge in [0.1, 0.15) is 5.82 Å². The summed E-state index contributed by atoms with van der Waals surface area (Å²) in [5.74, 6) is -0.201. The molecule has 2 N–H and O–H groups in total. The van der Waals surface area contributed by atoms with Crippen molar-refractivity contribution in [2.45, 2.75) is 46.1 Å². The molecule has 0 unspecified atom stereocenters. The maximum absolute atomic E-state index is 13.4. The van der Waals surface area contributed by atoms with Crippen molar-refractivity contribution in [3.05, 3.63) is 29.6 Å². The Morgan fingerprint density at radius 3 is 2.58 bits per heavy atom. The van der Waals surface area contributed by atoms with E-state index in [2.05, 4.69) is 18.7 Å². The molecule has 0 amide bonds. The molecule has 19 heavy (non-hydrogen) atoms. The van der Waals surface area contributed by atoms with E-state index in [4.69, 9.17) is 5.73 Å². The predicted octanol–water partition coefficient (Wildman–Crippen LogP) is 3.86. The van der Waals surface area contributed by atoms with Gasteiger partial charge in [-0.05, 0) is 55.4 Å². The number of nitrogens with zero attached hydrogens (tertiary/aromatic N) is 1. The fourth-order valence-corrected chi connectivity index (χ4v) is 3.15. The molecule has 0 aliphatic carbocycles. The molecule has 0 aromatic heterocycles. The summed E-state index contributed by atoms with van der Waals surface area (Å²) >= 11 is 0. The van der Waals surface area contributed by atoms with Crippen LogP contribution in [0, 0.1) is 11.2 Å². The monoisotopic (exact) mass is 264 g/mol. The Hall–Kier alpha value is -1.09. The van der Waals surface area contributed by atoms with Gasteiger partial charge in [-0.2, -0.15) is 0 Å². The van der Waals surface area contributed by atoms with Crippen LogP contribution in [0.15, 0.2) is 18.2 Å². The minimum atomic E-state index is -0.201. The number of nitrogens with two attached hydrogens (primary N) is 1. The zero-order valence-electron chi connectivity index (χ0n) is 12.2. The molecule has 3 heteroatoms. The maximum Gasteiger partial charge on any atom is 0.123 e. The molecular formula is C16H25FN2. The second kappa shape index (κ2) is 5.49. The smallest absolute Gasteiger partial charge is 0.123 e. The quantitative estimate of drug-likeness (QED) is 0.894. The van der Waals surface area contributed by atoms with Crippen molar-refractivity contribution in [3.63, 3.8) is 0 Å². The Labute approximate surface area is 115 Å². The van der Waals surface area contributed by atoms with Crippen molar-refractivity contribution in [1.29, 1.82) is 0 Å². The lowest BCUT2D eigenvalue weighted by molar-refractivity contribution is 0.301. The predicted molar refractivity (Wildman–Crippen MR) is 78.8 cm³/mol. The summed E-state index contributed by atoms with van der Waals surface area (Å²) in [6.07, 6.45) is 3.62. The molecule has 0 saturated carbocycles. The molecule has 1 heterocycles. The molecule has 106 valence electrons. The van der Waals surface area contributed by atoms with Crippen LogP contribution in [0.25, 0.3) is 0 Å². The average Bonchev–Trinajstić information content (AvgIpc) is 2.83. The largest absolute Gasteiger partial charge is 0.371 e. The molecule has 1 saturated heterocycles. The van der Waals surface area contributed by atoms with Crippen molar-refractivity contribution in [1.82, 2.24) is 0 Å². The van der Waals surface area contributed by atoms with Gasteiger partial charge < -0.3 is 10.6 Å². The minimum Gasteiger partial charge on any atom is -0.371 e. The van der Waals surface area contributed by atoms with Crippen molar-refractivity contribution < 1.29 is 4.39 Å². The number of hydrogen-bond acceptors (Lipinski definition) is 2. The normalized spacial score (nSPS) is 19.7. The van der Waals surface area contributed by atoms with Gasteiger partial charge in [0.2, 0.25) is 0 Å². The van der Waals surface area contributed by atoms with Crippen molar-refractivity contribution in [2.75, 3.05) is 18.0 Å². The van der Waals surface area contributed by atoms with E-state index >= 15 is 0 Å². The molecule has 1 aliphatic rings. The van der Waals surface area contributed by atoms with E-state index in [0.29, 0.717) is 5.41 Å². The van der Waals surface area contributed by atoms with E-state index in [-0.39, 0.29) is 11.9 Å². The van der Waals surface area contributed by atoms with Crippen LogP contribution in [0.4, 0.5) is 10.1 Å². The zero-order chi connectivity index (χ0) is 14.0. The fraction of sp³-hybridized carbons (Fsp3) is 0.625. The van der Waals surface area contributed by atoms with Gasteiger partial charge in [0, 0.05) is 24.8 Å². The Balaban J connectivity index is 2.29. The lowest BCUT2D eigenvalue weighted by atomic mass is 9.82. The Morgan fingerprint density at radius 2 is 2.05 bits per heavy atom. The molecule has 1 aliphatic heterocycles. The maximum atomic E-state index is 13.4. The second-order valence-corrected chi connectivity index (χ2v) is 5.87. The molecule has 1 aromatic carbocycles. The minimum absolute atomic E-state index is 0.135. The summed E-state index contributed by atoms with van der Waals surface area (Å²) in [7, 11) is 0. The van der Waals surface area contributed by atoms with Crippen LogP contribution >= 0.6 is 0 Å². The Kier molecular flexibility index (Phi) is 4.14. The van der Waals surface area contributed by atoms with Crippen LogP contribution in [0.2, 0.25) is 0 Å². The van der Waals surface area contributed by atoms with Crippen LogP contribution in [0.1, 0.15) is 51.6 Å². The highest BCUT2D eigenvalue weighted by Gasteiger charge is 2.35. The van der Waals surface area contributed by atoms with Crippen molar-refractivity contribution in [2.24, 2.45) is 11.1 Å². The van der Waals surface area contributed by atoms with Gasteiger partial charge >= 0.3 is 0 Å². The third-order valence-electron chi connectivity index (χ3n) is 4.76. The highest BCUT2D eigenvalue weighted by molar-refractivity contribution is 5.56. The molecule has 1 atom stereocenters. The van der Waals surface area contributed by atoms with Crippen LogP contribution in [-0.4, -0.2) is 13.1 Å². The summed E-state index contributed by atoms with van der Waals surface area (Å²) in [6.45, 7) is 8.56. The van der Waals surface area contributed by atoms with E-state index < -0.39 is 0 Å². The van der Waals surface area contributed by atoms with Crippen molar-refractivity contribution >= 4 is 5.69 Å². The number of halogens is 1. The van der Waals surface area contributed by atoms with Gasteiger partial charge in [0.25, 0.3) is 0 Å². The number of hydrogen-bond donors (Lipinski definition) is 1. The molecule has 0 radical (unpaired) electrons. The van der Waals surface area contributed by atoms with Gasteiger partial charge in [-0.3, -0.25) is 0 Å². The molecule has 2 rings (SSSR count). The highest BCUT2D eigenvalue weighted by Crippen LogP contribution is 2.40. The van der Waals surface area contributed by atoms with Crippen LogP contribution in [-0.2, 0) is 0 Å². The number of anilines is 1.